The molecule has 0 radical (unpaired) electrons. The molecule has 2 amide bonds. The third-order valence-electron chi connectivity index (χ3n) is 4.23. The van der Waals surface area contributed by atoms with Gasteiger partial charge in [0.1, 0.15) is 0 Å². The number of carbonyl (C=O) groups excluding carboxylic acids is 2. The quantitative estimate of drug-likeness (QED) is 0.858. The van der Waals surface area contributed by atoms with Gasteiger partial charge in [-0.3, -0.25) is 9.59 Å². The third-order valence-corrected chi connectivity index (χ3v) is 5.28. The van der Waals surface area contributed by atoms with E-state index in [1.807, 2.05) is 10.3 Å². The molecular formula is C15H20N2O2S. The van der Waals surface area contributed by atoms with Crippen LogP contribution in [0.3, 0.4) is 0 Å². The summed E-state index contributed by atoms with van der Waals surface area (Å²) in [5.74, 6) is 0.874. The molecule has 1 aliphatic carbocycles. The maximum absolute atomic E-state index is 12.7. The van der Waals surface area contributed by atoms with Gasteiger partial charge in [-0.1, -0.05) is 6.92 Å². The second kappa shape index (κ2) is 5.56. The van der Waals surface area contributed by atoms with E-state index in [0.717, 1.165) is 24.3 Å². The Hall–Kier alpha value is -1.36. The average molecular weight is 292 g/mol. The highest BCUT2D eigenvalue weighted by Crippen LogP contribution is 2.33. The number of amides is 2. The van der Waals surface area contributed by atoms with Crippen LogP contribution in [-0.4, -0.2) is 36.3 Å². The first-order valence-electron chi connectivity index (χ1n) is 7.30. The molecule has 0 aromatic carbocycles. The van der Waals surface area contributed by atoms with Crippen molar-refractivity contribution in [3.63, 3.8) is 0 Å². The molecule has 20 heavy (non-hydrogen) atoms. The molecule has 2 aliphatic rings. The molecule has 108 valence electrons. The number of carbonyl (C=O) groups is 2. The molecule has 5 heteroatoms. The zero-order chi connectivity index (χ0) is 14.1. The van der Waals surface area contributed by atoms with E-state index in [0.29, 0.717) is 26.1 Å². The number of hydrogen-bond acceptors (Lipinski definition) is 3. The summed E-state index contributed by atoms with van der Waals surface area (Å²) in [6.07, 6.45) is 3.71. The van der Waals surface area contributed by atoms with Gasteiger partial charge >= 0.3 is 0 Å². The largest absolute Gasteiger partial charge is 0.354 e. The summed E-state index contributed by atoms with van der Waals surface area (Å²) in [6.45, 7) is 3.99. The maximum Gasteiger partial charge on any atom is 0.255 e. The standard InChI is InChI=1S/C15H20N2O2S/c1-10-2-3-11-12(9-20-13(11)8-10)15(19)17-6-4-14(18)16-5-7-17/h9-10H,2-8H2,1H3,(H,16,18). The Kier molecular flexibility index (Phi) is 3.78. The monoisotopic (exact) mass is 292 g/mol. The van der Waals surface area contributed by atoms with Crippen LogP contribution < -0.4 is 5.32 Å². The first-order chi connectivity index (χ1) is 9.65. The zero-order valence-electron chi connectivity index (χ0n) is 11.8. The van der Waals surface area contributed by atoms with Gasteiger partial charge in [0, 0.05) is 36.3 Å². The van der Waals surface area contributed by atoms with E-state index in [1.165, 1.54) is 16.9 Å². The highest BCUT2D eigenvalue weighted by atomic mass is 32.1. The smallest absolute Gasteiger partial charge is 0.255 e. The fraction of sp³-hybridized carbons (Fsp3) is 0.600. The van der Waals surface area contributed by atoms with Gasteiger partial charge in [-0.25, -0.2) is 0 Å². The predicted octanol–water partition coefficient (Wildman–Crippen LogP) is 1.84. The molecule has 1 atom stereocenters. The van der Waals surface area contributed by atoms with Gasteiger partial charge in [0.05, 0.1) is 5.56 Å². The van der Waals surface area contributed by atoms with Crippen molar-refractivity contribution in [3.05, 3.63) is 21.4 Å². The minimum absolute atomic E-state index is 0.0430. The lowest BCUT2D eigenvalue weighted by Crippen LogP contribution is -2.34. The van der Waals surface area contributed by atoms with E-state index < -0.39 is 0 Å². The normalized spacial score (nSPS) is 22.9. The van der Waals surface area contributed by atoms with Crippen molar-refractivity contribution in [3.8, 4) is 0 Å². The van der Waals surface area contributed by atoms with Crippen LogP contribution >= 0.6 is 11.3 Å². The number of rotatable bonds is 1. The summed E-state index contributed by atoms with van der Waals surface area (Å²) in [6, 6.07) is 0. The second-order valence-corrected chi connectivity index (χ2v) is 6.76. The molecule has 1 fully saturated rings. The van der Waals surface area contributed by atoms with E-state index in [-0.39, 0.29) is 11.8 Å². The first kappa shape index (κ1) is 13.6. The van der Waals surface area contributed by atoms with Crippen LogP contribution in [0.2, 0.25) is 0 Å². The van der Waals surface area contributed by atoms with Crippen molar-refractivity contribution in [2.45, 2.75) is 32.6 Å². The lowest BCUT2D eigenvalue weighted by Gasteiger charge is -2.22. The fourth-order valence-corrected chi connectivity index (χ4v) is 4.24. The number of thiophene rings is 1. The Balaban J connectivity index is 1.79. The van der Waals surface area contributed by atoms with Gasteiger partial charge < -0.3 is 10.2 Å². The molecule has 1 N–H and O–H groups in total. The first-order valence-corrected chi connectivity index (χ1v) is 8.18. The zero-order valence-corrected chi connectivity index (χ0v) is 12.6. The van der Waals surface area contributed by atoms with Crippen LogP contribution in [0.5, 0.6) is 0 Å². The van der Waals surface area contributed by atoms with Crippen LogP contribution in [0.1, 0.15) is 40.6 Å². The molecule has 1 saturated heterocycles. The highest BCUT2D eigenvalue weighted by molar-refractivity contribution is 7.10. The molecule has 1 aromatic rings. The highest BCUT2D eigenvalue weighted by Gasteiger charge is 2.26. The Morgan fingerprint density at radius 1 is 1.40 bits per heavy atom. The molecule has 2 heterocycles. The van der Waals surface area contributed by atoms with Crippen molar-refractivity contribution < 1.29 is 9.59 Å². The topological polar surface area (TPSA) is 49.4 Å². The fourth-order valence-electron chi connectivity index (χ4n) is 3.00. The van der Waals surface area contributed by atoms with Crippen LogP contribution in [0.4, 0.5) is 0 Å². The maximum atomic E-state index is 12.7. The van der Waals surface area contributed by atoms with Crippen molar-refractivity contribution >= 4 is 23.2 Å². The second-order valence-electron chi connectivity index (χ2n) is 5.79. The van der Waals surface area contributed by atoms with E-state index in [1.54, 1.807) is 11.3 Å². The van der Waals surface area contributed by atoms with Crippen molar-refractivity contribution in [2.24, 2.45) is 5.92 Å². The summed E-state index contributed by atoms with van der Waals surface area (Å²) < 4.78 is 0. The number of nitrogens with zero attached hydrogens (tertiary/aromatic N) is 1. The minimum atomic E-state index is 0.0430. The molecule has 0 spiro atoms. The third kappa shape index (κ3) is 2.59. The molecule has 1 unspecified atom stereocenters. The van der Waals surface area contributed by atoms with Crippen LogP contribution in [0.25, 0.3) is 0 Å². The molecule has 1 aromatic heterocycles. The number of nitrogens with one attached hydrogen (secondary N) is 1. The van der Waals surface area contributed by atoms with Gasteiger partial charge in [-0.2, -0.15) is 0 Å². The number of fused-ring (bicyclic) bond motifs is 1. The van der Waals surface area contributed by atoms with Gasteiger partial charge in [0.25, 0.3) is 5.91 Å². The van der Waals surface area contributed by atoms with Crippen LogP contribution in [0.15, 0.2) is 5.38 Å². The molecule has 1 aliphatic heterocycles. The van der Waals surface area contributed by atoms with E-state index in [4.69, 9.17) is 0 Å². The minimum Gasteiger partial charge on any atom is -0.354 e. The Bertz CT molecular complexity index is 538. The Morgan fingerprint density at radius 3 is 3.10 bits per heavy atom. The van der Waals surface area contributed by atoms with Gasteiger partial charge in [0.15, 0.2) is 0 Å². The summed E-state index contributed by atoms with van der Waals surface area (Å²) in [4.78, 5) is 27.2. The van der Waals surface area contributed by atoms with Crippen molar-refractivity contribution in [1.82, 2.24) is 10.2 Å². The predicted molar refractivity (Wildman–Crippen MR) is 79.0 cm³/mol. The molecular weight excluding hydrogens is 272 g/mol. The van der Waals surface area contributed by atoms with E-state index in [2.05, 4.69) is 12.2 Å². The summed E-state index contributed by atoms with van der Waals surface area (Å²) >= 11 is 1.72. The lowest BCUT2D eigenvalue weighted by atomic mass is 9.88. The SMILES string of the molecule is CC1CCc2c(C(=O)N3CCNC(=O)CC3)csc2C1. The molecule has 3 rings (SSSR count). The van der Waals surface area contributed by atoms with Crippen LogP contribution in [0, 0.1) is 5.92 Å². The average Bonchev–Trinajstić information content (AvgIpc) is 2.72. The summed E-state index contributed by atoms with van der Waals surface area (Å²) in [7, 11) is 0. The van der Waals surface area contributed by atoms with Crippen LogP contribution in [-0.2, 0) is 17.6 Å². The molecule has 0 saturated carbocycles. The molecule has 4 nitrogen and oxygen atoms in total. The van der Waals surface area contributed by atoms with Crippen molar-refractivity contribution in [1.29, 1.82) is 0 Å². The van der Waals surface area contributed by atoms with E-state index in [9.17, 15) is 9.59 Å². The van der Waals surface area contributed by atoms with Gasteiger partial charge in [0.2, 0.25) is 5.91 Å². The lowest BCUT2D eigenvalue weighted by molar-refractivity contribution is -0.120. The Labute approximate surface area is 123 Å². The Morgan fingerprint density at radius 2 is 2.25 bits per heavy atom. The molecule has 0 bridgehead atoms. The number of hydrogen-bond donors (Lipinski definition) is 1. The van der Waals surface area contributed by atoms with Crippen molar-refractivity contribution in [2.75, 3.05) is 19.6 Å². The van der Waals surface area contributed by atoms with Gasteiger partial charge in [-0.05, 0) is 30.7 Å². The van der Waals surface area contributed by atoms with E-state index >= 15 is 0 Å². The summed E-state index contributed by atoms with van der Waals surface area (Å²) in [5.41, 5.74) is 2.15. The summed E-state index contributed by atoms with van der Waals surface area (Å²) in [5, 5.41) is 4.83. The van der Waals surface area contributed by atoms with Gasteiger partial charge in [-0.15, -0.1) is 11.3 Å².